The second-order valence-electron chi connectivity index (χ2n) is 6.89. The standard InChI is InChI=1S/C21H23ClN2O2/c22-18-7-5-17(6-8-18)20-15-23(13-14-26-20)11-10-21(25)24-12-9-16-3-1-2-4-19(16)24/h1-8,20H,9-15H2/t20-/m0/s1. The maximum absolute atomic E-state index is 12.7. The fourth-order valence-corrected chi connectivity index (χ4v) is 3.90. The highest BCUT2D eigenvalue weighted by Gasteiger charge is 2.26. The molecule has 0 spiro atoms. The van der Waals surface area contributed by atoms with Gasteiger partial charge in [0.25, 0.3) is 0 Å². The van der Waals surface area contributed by atoms with Gasteiger partial charge in [0.05, 0.1) is 12.7 Å². The molecule has 1 amide bonds. The minimum Gasteiger partial charge on any atom is -0.371 e. The van der Waals surface area contributed by atoms with Crippen LogP contribution < -0.4 is 4.90 Å². The number of hydrogen-bond donors (Lipinski definition) is 0. The van der Waals surface area contributed by atoms with Gasteiger partial charge in [0, 0.05) is 43.3 Å². The van der Waals surface area contributed by atoms with Crippen molar-refractivity contribution in [3.8, 4) is 0 Å². The van der Waals surface area contributed by atoms with Crippen LogP contribution in [0, 0.1) is 0 Å². The summed E-state index contributed by atoms with van der Waals surface area (Å²) < 4.78 is 5.91. The second-order valence-corrected chi connectivity index (χ2v) is 7.32. The van der Waals surface area contributed by atoms with Gasteiger partial charge in [0.15, 0.2) is 0 Å². The Morgan fingerprint density at radius 1 is 1.12 bits per heavy atom. The molecule has 0 aromatic heterocycles. The van der Waals surface area contributed by atoms with E-state index in [0.717, 1.165) is 48.9 Å². The van der Waals surface area contributed by atoms with Crippen LogP contribution in [0.15, 0.2) is 48.5 Å². The third kappa shape index (κ3) is 3.78. The van der Waals surface area contributed by atoms with E-state index in [1.807, 2.05) is 47.4 Å². The average Bonchev–Trinajstić information content (AvgIpc) is 3.11. The molecular formula is C21H23ClN2O2. The zero-order chi connectivity index (χ0) is 17.9. The lowest BCUT2D eigenvalue weighted by Gasteiger charge is -2.33. The SMILES string of the molecule is O=C(CCN1CCO[C@H](c2ccc(Cl)cc2)C1)N1CCc2ccccc21. The van der Waals surface area contributed by atoms with Gasteiger partial charge in [-0.05, 0) is 35.7 Å². The van der Waals surface area contributed by atoms with Gasteiger partial charge in [-0.25, -0.2) is 0 Å². The van der Waals surface area contributed by atoms with Crippen molar-refractivity contribution < 1.29 is 9.53 Å². The largest absolute Gasteiger partial charge is 0.371 e. The average molecular weight is 371 g/mol. The lowest BCUT2D eigenvalue weighted by Crippen LogP contribution is -2.41. The number of para-hydroxylation sites is 1. The number of anilines is 1. The fraction of sp³-hybridized carbons (Fsp3) is 0.381. The minimum absolute atomic E-state index is 0.0450. The summed E-state index contributed by atoms with van der Waals surface area (Å²) in [5, 5.41) is 0.734. The van der Waals surface area contributed by atoms with Crippen molar-refractivity contribution in [1.29, 1.82) is 0 Å². The summed E-state index contributed by atoms with van der Waals surface area (Å²) in [6.07, 6.45) is 1.54. The van der Waals surface area contributed by atoms with Crippen LogP contribution in [0.5, 0.6) is 0 Å². The van der Waals surface area contributed by atoms with Crippen LogP contribution in [0.25, 0.3) is 0 Å². The molecule has 2 aliphatic rings. The highest BCUT2D eigenvalue weighted by atomic mass is 35.5. The Hall–Kier alpha value is -1.88. The van der Waals surface area contributed by atoms with Crippen LogP contribution in [-0.4, -0.2) is 43.6 Å². The molecule has 1 atom stereocenters. The van der Waals surface area contributed by atoms with Crippen molar-refractivity contribution in [1.82, 2.24) is 4.90 Å². The zero-order valence-corrected chi connectivity index (χ0v) is 15.5. The van der Waals surface area contributed by atoms with Crippen LogP contribution in [0.2, 0.25) is 5.02 Å². The van der Waals surface area contributed by atoms with E-state index < -0.39 is 0 Å². The van der Waals surface area contributed by atoms with E-state index in [1.54, 1.807) is 0 Å². The number of rotatable bonds is 4. The number of ether oxygens (including phenoxy) is 1. The zero-order valence-electron chi connectivity index (χ0n) is 14.7. The maximum atomic E-state index is 12.7. The van der Waals surface area contributed by atoms with Crippen molar-refractivity contribution in [2.45, 2.75) is 18.9 Å². The Bertz CT molecular complexity index is 778. The maximum Gasteiger partial charge on any atom is 0.228 e. The van der Waals surface area contributed by atoms with E-state index in [1.165, 1.54) is 5.56 Å². The number of fused-ring (bicyclic) bond motifs is 1. The molecule has 2 aromatic carbocycles. The molecule has 1 fully saturated rings. The summed E-state index contributed by atoms with van der Waals surface area (Å²) in [7, 11) is 0. The molecule has 0 N–H and O–H groups in total. The number of carbonyl (C=O) groups is 1. The Morgan fingerprint density at radius 3 is 2.77 bits per heavy atom. The predicted octanol–water partition coefficient (Wildman–Crippen LogP) is 3.69. The third-order valence-electron chi connectivity index (χ3n) is 5.22. The van der Waals surface area contributed by atoms with Crippen molar-refractivity contribution in [3.63, 3.8) is 0 Å². The Kier molecular flexibility index (Phi) is 5.25. The van der Waals surface area contributed by atoms with Crippen LogP contribution in [0.3, 0.4) is 0 Å². The smallest absolute Gasteiger partial charge is 0.228 e. The molecule has 1 saturated heterocycles. The van der Waals surface area contributed by atoms with Gasteiger partial charge < -0.3 is 9.64 Å². The fourth-order valence-electron chi connectivity index (χ4n) is 3.77. The molecule has 2 aromatic rings. The van der Waals surface area contributed by atoms with Gasteiger partial charge in [-0.3, -0.25) is 9.69 Å². The minimum atomic E-state index is 0.0450. The summed E-state index contributed by atoms with van der Waals surface area (Å²) in [5.41, 5.74) is 3.49. The first-order chi connectivity index (χ1) is 12.7. The van der Waals surface area contributed by atoms with E-state index in [0.29, 0.717) is 13.0 Å². The topological polar surface area (TPSA) is 32.8 Å². The first-order valence-corrected chi connectivity index (χ1v) is 9.56. The quantitative estimate of drug-likeness (QED) is 0.822. The molecule has 4 nitrogen and oxygen atoms in total. The first-order valence-electron chi connectivity index (χ1n) is 9.18. The molecule has 26 heavy (non-hydrogen) atoms. The highest BCUT2D eigenvalue weighted by Crippen LogP contribution is 2.28. The van der Waals surface area contributed by atoms with Crippen molar-refractivity contribution in [2.75, 3.05) is 37.7 Å². The van der Waals surface area contributed by atoms with Gasteiger partial charge in [-0.15, -0.1) is 0 Å². The lowest BCUT2D eigenvalue weighted by molar-refractivity contribution is -0.119. The van der Waals surface area contributed by atoms with Crippen molar-refractivity contribution >= 4 is 23.2 Å². The summed E-state index contributed by atoms with van der Waals surface area (Å²) >= 11 is 5.97. The van der Waals surface area contributed by atoms with E-state index >= 15 is 0 Å². The number of carbonyl (C=O) groups excluding carboxylic acids is 1. The predicted molar refractivity (Wildman–Crippen MR) is 104 cm³/mol. The molecule has 0 saturated carbocycles. The summed E-state index contributed by atoms with van der Waals surface area (Å²) in [4.78, 5) is 17.0. The summed E-state index contributed by atoms with van der Waals surface area (Å²) in [6, 6.07) is 16.0. The Balaban J connectivity index is 1.33. The molecule has 0 unspecified atom stereocenters. The van der Waals surface area contributed by atoms with Gasteiger partial charge in [-0.2, -0.15) is 0 Å². The number of amides is 1. The first kappa shape index (κ1) is 17.5. The van der Waals surface area contributed by atoms with E-state index in [-0.39, 0.29) is 12.0 Å². The van der Waals surface area contributed by atoms with E-state index in [2.05, 4.69) is 11.0 Å². The van der Waals surface area contributed by atoms with Gasteiger partial charge in [0.1, 0.15) is 0 Å². The molecule has 2 heterocycles. The number of hydrogen-bond acceptors (Lipinski definition) is 3. The molecule has 4 rings (SSSR count). The molecular weight excluding hydrogens is 348 g/mol. The van der Waals surface area contributed by atoms with E-state index in [4.69, 9.17) is 16.3 Å². The Morgan fingerprint density at radius 2 is 1.92 bits per heavy atom. The van der Waals surface area contributed by atoms with Gasteiger partial charge in [0.2, 0.25) is 5.91 Å². The highest BCUT2D eigenvalue weighted by molar-refractivity contribution is 6.30. The van der Waals surface area contributed by atoms with Crippen molar-refractivity contribution in [2.24, 2.45) is 0 Å². The van der Waals surface area contributed by atoms with Gasteiger partial charge >= 0.3 is 0 Å². The van der Waals surface area contributed by atoms with Crippen molar-refractivity contribution in [3.05, 3.63) is 64.7 Å². The normalized spacial score (nSPS) is 20.2. The monoisotopic (exact) mass is 370 g/mol. The number of morpholine rings is 1. The summed E-state index contributed by atoms with van der Waals surface area (Å²) in [5.74, 6) is 0.212. The Labute approximate surface area is 159 Å². The van der Waals surface area contributed by atoms with Crippen LogP contribution in [0.4, 0.5) is 5.69 Å². The summed E-state index contributed by atoms with van der Waals surface area (Å²) in [6.45, 7) is 3.94. The lowest BCUT2D eigenvalue weighted by atomic mass is 10.1. The number of benzene rings is 2. The van der Waals surface area contributed by atoms with Crippen LogP contribution in [-0.2, 0) is 16.0 Å². The van der Waals surface area contributed by atoms with Crippen LogP contribution >= 0.6 is 11.6 Å². The van der Waals surface area contributed by atoms with E-state index in [9.17, 15) is 4.79 Å². The molecule has 0 bridgehead atoms. The molecule has 0 aliphatic carbocycles. The van der Waals surface area contributed by atoms with Crippen LogP contribution in [0.1, 0.15) is 23.7 Å². The molecule has 2 aliphatic heterocycles. The van der Waals surface area contributed by atoms with Gasteiger partial charge in [-0.1, -0.05) is 41.9 Å². The number of halogens is 1. The molecule has 136 valence electrons. The molecule has 5 heteroatoms. The molecule has 0 radical (unpaired) electrons. The number of nitrogens with zero attached hydrogens (tertiary/aromatic N) is 2. The second kappa shape index (κ2) is 7.78. The third-order valence-corrected chi connectivity index (χ3v) is 5.47.